The molecule has 1 spiro atoms. The van der Waals surface area contributed by atoms with E-state index in [4.69, 9.17) is 4.74 Å². The van der Waals surface area contributed by atoms with Gasteiger partial charge in [-0.3, -0.25) is 14.4 Å². The predicted molar refractivity (Wildman–Crippen MR) is 163 cm³/mol. The summed E-state index contributed by atoms with van der Waals surface area (Å²) in [7, 11) is 1.55. The number of methoxy groups -OCH3 is 1. The molecule has 7 rings (SSSR count). The number of benzene rings is 4. The summed E-state index contributed by atoms with van der Waals surface area (Å²) >= 11 is 0. The Kier molecular flexibility index (Phi) is 5.91. The first-order chi connectivity index (χ1) is 20.4. The Morgan fingerprint density at radius 2 is 1.57 bits per heavy atom. The van der Waals surface area contributed by atoms with Crippen LogP contribution in [0, 0.1) is 12.8 Å². The lowest BCUT2D eigenvalue weighted by Crippen LogP contribution is -2.51. The molecule has 0 aliphatic carbocycles. The van der Waals surface area contributed by atoms with Crippen molar-refractivity contribution in [2.24, 2.45) is 5.92 Å². The molecule has 1 N–H and O–H groups in total. The molecule has 3 aliphatic rings. The van der Waals surface area contributed by atoms with E-state index >= 15 is 0 Å². The fourth-order valence-electron chi connectivity index (χ4n) is 7.28. The molecule has 4 atom stereocenters. The third kappa shape index (κ3) is 3.54. The van der Waals surface area contributed by atoms with Crippen LogP contribution >= 0.6 is 0 Å². The SMILES string of the molecule is COc1cccc(C(=O)[C@@H]2[C@@H](C(=O)c3ccccc3)N3c4ccc(C)cc4C(C)=C[C@@H]3[C@@]23C(=O)Nc2ccccc23)c1. The normalized spacial score (nSPS) is 23.5. The number of carbonyl (C=O) groups excluding carboxylic acids is 3. The van der Waals surface area contributed by atoms with Crippen LogP contribution in [0.4, 0.5) is 11.4 Å². The Hall–Kier alpha value is -4.97. The van der Waals surface area contributed by atoms with E-state index < -0.39 is 23.4 Å². The molecular weight excluding hydrogens is 524 g/mol. The van der Waals surface area contributed by atoms with Crippen molar-refractivity contribution >= 4 is 34.4 Å². The molecule has 0 saturated carbocycles. The van der Waals surface area contributed by atoms with Gasteiger partial charge >= 0.3 is 0 Å². The second-order valence-electron chi connectivity index (χ2n) is 11.3. The van der Waals surface area contributed by atoms with Crippen molar-refractivity contribution in [3.8, 4) is 5.75 Å². The van der Waals surface area contributed by atoms with Crippen LogP contribution in [0.5, 0.6) is 5.75 Å². The minimum atomic E-state index is -1.35. The van der Waals surface area contributed by atoms with Crippen LogP contribution in [-0.4, -0.2) is 36.7 Å². The Morgan fingerprint density at radius 3 is 2.36 bits per heavy atom. The molecule has 6 nitrogen and oxygen atoms in total. The van der Waals surface area contributed by atoms with Gasteiger partial charge in [0.25, 0.3) is 0 Å². The largest absolute Gasteiger partial charge is 0.497 e. The third-order valence-electron chi connectivity index (χ3n) is 9.10. The molecule has 3 heterocycles. The van der Waals surface area contributed by atoms with Gasteiger partial charge in [0.1, 0.15) is 17.2 Å². The maximum atomic E-state index is 14.9. The second-order valence-corrected chi connectivity index (χ2v) is 11.3. The number of para-hydroxylation sites is 1. The summed E-state index contributed by atoms with van der Waals surface area (Å²) in [5.41, 5.74) is 4.87. The average molecular weight is 555 g/mol. The van der Waals surface area contributed by atoms with E-state index in [1.165, 1.54) is 0 Å². The summed E-state index contributed by atoms with van der Waals surface area (Å²) in [6.07, 6.45) is 2.08. The van der Waals surface area contributed by atoms with Crippen molar-refractivity contribution < 1.29 is 19.1 Å². The van der Waals surface area contributed by atoms with E-state index in [0.29, 0.717) is 22.6 Å². The summed E-state index contributed by atoms with van der Waals surface area (Å²) < 4.78 is 5.45. The molecule has 42 heavy (non-hydrogen) atoms. The smallest absolute Gasteiger partial charge is 0.238 e. The van der Waals surface area contributed by atoms with Crippen molar-refractivity contribution in [1.82, 2.24) is 0 Å². The molecule has 6 heteroatoms. The van der Waals surface area contributed by atoms with Gasteiger partial charge in [0, 0.05) is 28.1 Å². The van der Waals surface area contributed by atoms with E-state index in [1.807, 2.05) is 73.3 Å². The third-order valence-corrected chi connectivity index (χ3v) is 9.10. The Labute approximate surface area is 244 Å². The molecule has 1 saturated heterocycles. The van der Waals surface area contributed by atoms with Gasteiger partial charge in [0.15, 0.2) is 11.6 Å². The number of rotatable bonds is 5. The standard InChI is InChI=1S/C36H30N2O4/c1-21-16-17-29-26(18-21)22(2)19-30-36(27-14-7-8-15-28(27)37-35(36)41)31(33(39)24-12-9-13-25(20-24)42-3)32(38(29)30)34(40)23-10-5-4-6-11-23/h4-20,30-32H,1-3H3,(H,37,41)/t30-,31+,32+,36-/m1/s1. The van der Waals surface area contributed by atoms with Crippen molar-refractivity contribution in [3.05, 3.63) is 131 Å². The maximum absolute atomic E-state index is 14.9. The van der Waals surface area contributed by atoms with Crippen LogP contribution in [0.25, 0.3) is 5.57 Å². The maximum Gasteiger partial charge on any atom is 0.238 e. The van der Waals surface area contributed by atoms with Gasteiger partial charge < -0.3 is 15.0 Å². The number of ketones is 2. The number of ether oxygens (including phenoxy) is 1. The highest BCUT2D eigenvalue weighted by Gasteiger charge is 2.70. The number of allylic oxidation sites excluding steroid dienone is 1. The first-order valence-electron chi connectivity index (χ1n) is 14.1. The Balaban J connectivity index is 1.56. The quantitative estimate of drug-likeness (QED) is 0.295. The van der Waals surface area contributed by atoms with Crippen LogP contribution in [0.3, 0.4) is 0 Å². The van der Waals surface area contributed by atoms with E-state index in [-0.39, 0.29) is 17.5 Å². The van der Waals surface area contributed by atoms with Crippen molar-refractivity contribution in [1.29, 1.82) is 0 Å². The summed E-state index contributed by atoms with van der Waals surface area (Å²) in [6, 6.07) is 28.2. The number of hydrogen-bond acceptors (Lipinski definition) is 5. The van der Waals surface area contributed by atoms with E-state index in [1.54, 1.807) is 43.5 Å². The molecule has 4 aromatic rings. The molecule has 1 amide bonds. The van der Waals surface area contributed by atoms with Gasteiger partial charge in [-0.15, -0.1) is 0 Å². The zero-order valence-corrected chi connectivity index (χ0v) is 23.6. The molecule has 0 unspecified atom stereocenters. The molecule has 0 aromatic heterocycles. The van der Waals surface area contributed by atoms with Gasteiger partial charge in [-0.05, 0) is 55.3 Å². The zero-order chi connectivity index (χ0) is 29.2. The van der Waals surface area contributed by atoms with Crippen LogP contribution in [-0.2, 0) is 10.2 Å². The molecule has 3 aliphatic heterocycles. The highest BCUT2D eigenvalue weighted by molar-refractivity contribution is 6.18. The zero-order valence-electron chi connectivity index (χ0n) is 23.6. The number of nitrogens with zero attached hydrogens (tertiary/aromatic N) is 1. The minimum Gasteiger partial charge on any atom is -0.497 e. The first-order valence-corrected chi connectivity index (χ1v) is 14.1. The Bertz CT molecular complexity index is 1810. The van der Waals surface area contributed by atoms with Crippen LogP contribution in [0.1, 0.15) is 44.3 Å². The Morgan fingerprint density at radius 1 is 0.833 bits per heavy atom. The van der Waals surface area contributed by atoms with Gasteiger partial charge in [-0.2, -0.15) is 0 Å². The van der Waals surface area contributed by atoms with Crippen LogP contribution < -0.4 is 15.0 Å². The molecule has 0 radical (unpaired) electrons. The minimum absolute atomic E-state index is 0.199. The number of carbonyl (C=O) groups is 3. The fourth-order valence-corrected chi connectivity index (χ4v) is 7.28. The number of aryl methyl sites for hydroxylation is 1. The number of fused-ring (bicyclic) bond motifs is 6. The van der Waals surface area contributed by atoms with Crippen LogP contribution in [0.15, 0.2) is 103 Å². The predicted octanol–water partition coefficient (Wildman–Crippen LogP) is 6.25. The lowest BCUT2D eigenvalue weighted by molar-refractivity contribution is -0.121. The number of amides is 1. The highest BCUT2D eigenvalue weighted by atomic mass is 16.5. The molecular formula is C36H30N2O4. The molecule has 4 aromatic carbocycles. The molecule has 1 fully saturated rings. The van der Waals surface area contributed by atoms with Gasteiger partial charge in [0.05, 0.1) is 19.1 Å². The lowest BCUT2D eigenvalue weighted by atomic mass is 9.64. The lowest BCUT2D eigenvalue weighted by Gasteiger charge is -2.39. The highest BCUT2D eigenvalue weighted by Crippen LogP contribution is 2.59. The van der Waals surface area contributed by atoms with Gasteiger partial charge in [-0.25, -0.2) is 0 Å². The second kappa shape index (κ2) is 9.55. The number of nitrogens with one attached hydrogen (secondary N) is 1. The summed E-state index contributed by atoms with van der Waals surface area (Å²) in [5.74, 6) is -1.24. The van der Waals surface area contributed by atoms with E-state index in [9.17, 15) is 14.4 Å². The van der Waals surface area contributed by atoms with E-state index in [2.05, 4.69) is 17.5 Å². The summed E-state index contributed by atoms with van der Waals surface area (Å²) in [6.45, 7) is 4.07. The van der Waals surface area contributed by atoms with Crippen molar-refractivity contribution in [2.45, 2.75) is 31.3 Å². The topological polar surface area (TPSA) is 75.7 Å². The number of anilines is 2. The average Bonchev–Trinajstić information content (AvgIpc) is 3.49. The van der Waals surface area contributed by atoms with Crippen molar-refractivity contribution in [3.63, 3.8) is 0 Å². The fraction of sp³-hybridized carbons (Fsp3) is 0.194. The molecule has 0 bridgehead atoms. The monoisotopic (exact) mass is 554 g/mol. The van der Waals surface area contributed by atoms with E-state index in [0.717, 1.165) is 28.0 Å². The summed E-state index contributed by atoms with van der Waals surface area (Å²) in [5, 5.41) is 3.09. The number of Topliss-reactive ketones (excluding diaryl/α,β-unsaturated/α-hetero) is 2. The first kappa shape index (κ1) is 26.0. The van der Waals surface area contributed by atoms with Crippen LogP contribution in [0.2, 0.25) is 0 Å². The molecule has 208 valence electrons. The number of hydrogen-bond donors (Lipinski definition) is 1. The van der Waals surface area contributed by atoms with Crippen molar-refractivity contribution in [2.75, 3.05) is 17.3 Å². The summed E-state index contributed by atoms with van der Waals surface area (Å²) in [4.78, 5) is 46.2. The van der Waals surface area contributed by atoms with Gasteiger partial charge in [0.2, 0.25) is 5.91 Å². The van der Waals surface area contributed by atoms with Gasteiger partial charge in [-0.1, -0.05) is 78.4 Å².